The predicted molar refractivity (Wildman–Crippen MR) is 84.1 cm³/mol. The molecule has 0 bridgehead atoms. The Balaban J connectivity index is 2.06. The molecule has 0 unspecified atom stereocenters. The number of imidazole rings is 1. The van der Waals surface area contributed by atoms with Crippen LogP contribution in [0, 0.1) is 20.8 Å². The number of benzene rings is 1. The lowest BCUT2D eigenvalue weighted by atomic mass is 9.98. The predicted octanol–water partition coefficient (Wildman–Crippen LogP) is 3.62. The van der Waals surface area contributed by atoms with E-state index in [-0.39, 0.29) is 6.42 Å². The van der Waals surface area contributed by atoms with E-state index in [1.807, 2.05) is 16.8 Å². The summed E-state index contributed by atoms with van der Waals surface area (Å²) < 4.78 is 1.91. The lowest BCUT2D eigenvalue weighted by Crippen LogP contribution is -1.97. The summed E-state index contributed by atoms with van der Waals surface area (Å²) >= 11 is 1.43. The van der Waals surface area contributed by atoms with Gasteiger partial charge < -0.3 is 5.11 Å². The zero-order valence-electron chi connectivity index (χ0n) is 12.2. The summed E-state index contributed by atoms with van der Waals surface area (Å²) in [6.07, 6.45) is 3.87. The first-order chi connectivity index (χ1) is 9.94. The maximum absolute atomic E-state index is 10.8. The summed E-state index contributed by atoms with van der Waals surface area (Å²) in [4.78, 5) is 17.1. The summed E-state index contributed by atoms with van der Waals surface area (Å²) in [6, 6.07) is 4.32. The third-order valence-electron chi connectivity index (χ3n) is 3.46. The van der Waals surface area contributed by atoms with Crippen molar-refractivity contribution < 1.29 is 9.90 Å². The van der Waals surface area contributed by atoms with E-state index < -0.39 is 5.97 Å². The van der Waals surface area contributed by atoms with Crippen LogP contribution in [-0.4, -0.2) is 20.5 Å². The zero-order valence-corrected chi connectivity index (χ0v) is 13.0. The normalized spacial score (nSPS) is 11.2. The largest absolute Gasteiger partial charge is 0.481 e. The molecule has 2 aromatic heterocycles. The maximum Gasteiger partial charge on any atom is 0.308 e. The third-order valence-corrected chi connectivity index (χ3v) is 4.46. The third kappa shape index (κ3) is 2.56. The summed E-state index contributed by atoms with van der Waals surface area (Å²) in [5, 5.41) is 8.84. The first kappa shape index (κ1) is 13.8. The van der Waals surface area contributed by atoms with Gasteiger partial charge in [-0.2, -0.15) is 0 Å². The molecule has 0 saturated carbocycles. The van der Waals surface area contributed by atoms with E-state index >= 15 is 0 Å². The molecule has 5 heteroatoms. The molecule has 0 radical (unpaired) electrons. The van der Waals surface area contributed by atoms with Crippen LogP contribution < -0.4 is 0 Å². The molecule has 0 spiro atoms. The number of aryl methyl sites for hydroxylation is 3. The van der Waals surface area contributed by atoms with Crippen LogP contribution in [0.5, 0.6) is 0 Å². The number of fused-ring (bicyclic) bond motifs is 1. The van der Waals surface area contributed by atoms with Gasteiger partial charge in [-0.05, 0) is 31.9 Å². The van der Waals surface area contributed by atoms with E-state index in [0.29, 0.717) is 0 Å². The van der Waals surface area contributed by atoms with Crippen molar-refractivity contribution >= 4 is 22.3 Å². The SMILES string of the molecule is Cc1cc(C)c(-c2cn3cc(CC(=O)O)sc3n2)c(C)c1. The van der Waals surface area contributed by atoms with Gasteiger partial charge in [0.15, 0.2) is 4.96 Å². The highest BCUT2D eigenvalue weighted by atomic mass is 32.1. The monoisotopic (exact) mass is 300 g/mol. The second kappa shape index (κ2) is 5.00. The molecule has 1 N–H and O–H groups in total. The van der Waals surface area contributed by atoms with Crippen LogP contribution in [0.1, 0.15) is 21.6 Å². The van der Waals surface area contributed by atoms with Crippen molar-refractivity contribution in [3.63, 3.8) is 0 Å². The summed E-state index contributed by atoms with van der Waals surface area (Å²) in [6.45, 7) is 6.28. The fourth-order valence-electron chi connectivity index (χ4n) is 2.78. The molecular weight excluding hydrogens is 284 g/mol. The van der Waals surface area contributed by atoms with Gasteiger partial charge in [0.25, 0.3) is 0 Å². The highest BCUT2D eigenvalue weighted by molar-refractivity contribution is 7.17. The van der Waals surface area contributed by atoms with Crippen LogP contribution >= 0.6 is 11.3 Å². The maximum atomic E-state index is 10.8. The molecule has 4 nitrogen and oxygen atoms in total. The van der Waals surface area contributed by atoms with Crippen LogP contribution in [0.15, 0.2) is 24.5 Å². The first-order valence-corrected chi connectivity index (χ1v) is 7.53. The Hall–Kier alpha value is -2.14. The summed E-state index contributed by atoms with van der Waals surface area (Å²) in [7, 11) is 0. The highest BCUT2D eigenvalue weighted by Crippen LogP contribution is 2.29. The van der Waals surface area contributed by atoms with E-state index in [1.54, 1.807) is 0 Å². The number of hydrogen-bond acceptors (Lipinski definition) is 3. The Labute approximate surface area is 126 Å². The van der Waals surface area contributed by atoms with Gasteiger partial charge in [0.2, 0.25) is 0 Å². The molecule has 2 heterocycles. The number of carboxylic acid groups (broad SMARTS) is 1. The molecule has 1 aromatic carbocycles. The van der Waals surface area contributed by atoms with Crippen molar-refractivity contribution in [2.75, 3.05) is 0 Å². The zero-order chi connectivity index (χ0) is 15.1. The molecule has 108 valence electrons. The fourth-order valence-corrected chi connectivity index (χ4v) is 3.73. The van der Waals surface area contributed by atoms with Crippen molar-refractivity contribution in [2.45, 2.75) is 27.2 Å². The molecule has 0 aliphatic heterocycles. The molecular formula is C16H16N2O2S. The molecule has 3 rings (SSSR count). The number of carbonyl (C=O) groups is 1. The van der Waals surface area contributed by atoms with Gasteiger partial charge in [-0.3, -0.25) is 9.20 Å². The molecule has 0 aliphatic rings. The van der Waals surface area contributed by atoms with Crippen LogP contribution in [0.2, 0.25) is 0 Å². The Bertz CT molecular complexity index is 791. The minimum absolute atomic E-state index is 0.0476. The van der Waals surface area contributed by atoms with E-state index in [0.717, 1.165) is 21.1 Å². The lowest BCUT2D eigenvalue weighted by molar-refractivity contribution is -0.136. The molecule has 3 aromatic rings. The average Bonchev–Trinajstić information content (AvgIpc) is 2.84. The van der Waals surface area contributed by atoms with Crippen LogP contribution in [-0.2, 0) is 11.2 Å². The molecule has 0 fully saturated rings. The van der Waals surface area contributed by atoms with E-state index in [2.05, 4.69) is 37.9 Å². The second-order valence-electron chi connectivity index (χ2n) is 5.36. The lowest BCUT2D eigenvalue weighted by Gasteiger charge is -2.08. The number of rotatable bonds is 3. The van der Waals surface area contributed by atoms with Crippen molar-refractivity contribution in [1.82, 2.24) is 9.38 Å². The van der Waals surface area contributed by atoms with E-state index in [4.69, 9.17) is 5.11 Å². The minimum atomic E-state index is -0.815. The molecule has 0 aliphatic carbocycles. The van der Waals surface area contributed by atoms with Crippen molar-refractivity contribution in [1.29, 1.82) is 0 Å². The standard InChI is InChI=1S/C16H16N2O2S/c1-9-4-10(2)15(11(3)5-9)13-8-18-7-12(6-14(19)20)21-16(18)17-13/h4-5,7-8H,6H2,1-3H3,(H,19,20). The van der Waals surface area contributed by atoms with Gasteiger partial charge in [0.1, 0.15) is 0 Å². The number of aliphatic carboxylic acids is 1. The van der Waals surface area contributed by atoms with Crippen molar-refractivity contribution in [3.05, 3.63) is 46.1 Å². The number of carboxylic acids is 1. The number of nitrogens with zero attached hydrogens (tertiary/aromatic N) is 2. The van der Waals surface area contributed by atoms with E-state index in [9.17, 15) is 4.79 Å². The summed E-state index contributed by atoms with van der Waals surface area (Å²) in [5.41, 5.74) is 5.78. The first-order valence-electron chi connectivity index (χ1n) is 6.71. The molecule has 0 saturated heterocycles. The molecule has 0 amide bonds. The average molecular weight is 300 g/mol. The number of thiazole rings is 1. The Morgan fingerprint density at radius 3 is 2.48 bits per heavy atom. The Kier molecular flexibility index (Phi) is 3.29. The minimum Gasteiger partial charge on any atom is -0.481 e. The Morgan fingerprint density at radius 2 is 1.90 bits per heavy atom. The summed E-state index contributed by atoms with van der Waals surface area (Å²) in [5.74, 6) is -0.815. The highest BCUT2D eigenvalue weighted by Gasteiger charge is 2.13. The quantitative estimate of drug-likeness (QED) is 0.804. The van der Waals surface area contributed by atoms with Gasteiger partial charge in [-0.15, -0.1) is 11.3 Å². The van der Waals surface area contributed by atoms with Gasteiger partial charge >= 0.3 is 5.97 Å². The van der Waals surface area contributed by atoms with Crippen molar-refractivity contribution in [2.24, 2.45) is 0 Å². The van der Waals surface area contributed by atoms with Gasteiger partial charge in [0.05, 0.1) is 12.1 Å². The van der Waals surface area contributed by atoms with Crippen LogP contribution in [0.25, 0.3) is 16.2 Å². The molecule has 21 heavy (non-hydrogen) atoms. The smallest absolute Gasteiger partial charge is 0.308 e. The molecule has 0 atom stereocenters. The van der Waals surface area contributed by atoms with Crippen LogP contribution in [0.3, 0.4) is 0 Å². The number of hydrogen-bond donors (Lipinski definition) is 1. The van der Waals surface area contributed by atoms with E-state index in [1.165, 1.54) is 28.0 Å². The van der Waals surface area contributed by atoms with Gasteiger partial charge in [-0.1, -0.05) is 17.7 Å². The number of aromatic nitrogens is 2. The van der Waals surface area contributed by atoms with Gasteiger partial charge in [0, 0.05) is 22.8 Å². The second-order valence-corrected chi connectivity index (χ2v) is 6.45. The van der Waals surface area contributed by atoms with Crippen molar-refractivity contribution in [3.8, 4) is 11.3 Å². The topological polar surface area (TPSA) is 54.6 Å². The van der Waals surface area contributed by atoms with Gasteiger partial charge in [-0.25, -0.2) is 4.98 Å². The Morgan fingerprint density at radius 1 is 1.24 bits per heavy atom. The van der Waals surface area contributed by atoms with Crippen LogP contribution in [0.4, 0.5) is 0 Å². The fraction of sp³-hybridized carbons (Fsp3) is 0.250.